The highest BCUT2D eigenvalue weighted by molar-refractivity contribution is 8.00. The molecule has 0 spiro atoms. The fraction of sp³-hybridized carbons (Fsp3) is 0.111. The van der Waals surface area contributed by atoms with Crippen molar-refractivity contribution < 1.29 is 14.3 Å². The third-order valence-electron chi connectivity index (χ3n) is 5.44. The van der Waals surface area contributed by atoms with Crippen molar-refractivity contribution in [1.29, 1.82) is 0 Å². The standard InChI is InChI=1S/C27H20ClN3O3S3/c1-2-34-27(33)23-20(16-6-4-3-5-7-16)13-36-26(23)31-21(32)14-37-25-22-19(12-35-24(22)29-15-30-25)17-8-10-18(28)11-9-17/h3-13,15H,2,14H2,1H3,(H,31,32). The Kier molecular flexibility index (Phi) is 7.85. The lowest BCUT2D eigenvalue weighted by atomic mass is 10.0. The molecule has 0 bridgehead atoms. The molecule has 0 atom stereocenters. The minimum Gasteiger partial charge on any atom is -0.462 e. The second-order valence-corrected chi connectivity index (χ2v) is 10.9. The molecule has 1 N–H and O–H groups in total. The molecular weight excluding hydrogens is 546 g/mol. The first kappa shape index (κ1) is 25.4. The maximum Gasteiger partial charge on any atom is 0.341 e. The largest absolute Gasteiger partial charge is 0.462 e. The van der Waals surface area contributed by atoms with E-state index in [0.717, 1.165) is 32.5 Å². The Bertz CT molecular complexity index is 1570. The van der Waals surface area contributed by atoms with Gasteiger partial charge in [0.25, 0.3) is 0 Å². The van der Waals surface area contributed by atoms with Crippen molar-refractivity contribution in [1.82, 2.24) is 9.97 Å². The van der Waals surface area contributed by atoms with Crippen LogP contribution in [0.5, 0.6) is 0 Å². The van der Waals surface area contributed by atoms with Gasteiger partial charge in [0.2, 0.25) is 5.91 Å². The van der Waals surface area contributed by atoms with Crippen LogP contribution in [0.2, 0.25) is 5.02 Å². The Morgan fingerprint density at radius 2 is 1.70 bits per heavy atom. The number of aromatic nitrogens is 2. The fourth-order valence-corrected chi connectivity index (χ4v) is 6.67. The van der Waals surface area contributed by atoms with Crippen molar-refractivity contribution >= 4 is 73.1 Å². The van der Waals surface area contributed by atoms with Gasteiger partial charge in [-0.25, -0.2) is 14.8 Å². The predicted octanol–water partition coefficient (Wildman–Crippen LogP) is 7.65. The quantitative estimate of drug-likeness (QED) is 0.118. The van der Waals surface area contributed by atoms with Crippen molar-refractivity contribution in [3.63, 3.8) is 0 Å². The molecule has 0 radical (unpaired) electrons. The second kappa shape index (κ2) is 11.4. The number of thiophene rings is 2. The molecule has 2 aromatic carbocycles. The maximum absolute atomic E-state index is 13.0. The lowest BCUT2D eigenvalue weighted by Gasteiger charge is -2.09. The van der Waals surface area contributed by atoms with E-state index < -0.39 is 5.97 Å². The van der Waals surface area contributed by atoms with E-state index >= 15 is 0 Å². The van der Waals surface area contributed by atoms with Gasteiger partial charge < -0.3 is 10.1 Å². The molecule has 3 heterocycles. The van der Waals surface area contributed by atoms with E-state index in [4.69, 9.17) is 16.3 Å². The lowest BCUT2D eigenvalue weighted by molar-refractivity contribution is -0.113. The summed E-state index contributed by atoms with van der Waals surface area (Å²) in [6.45, 7) is 2.00. The van der Waals surface area contributed by atoms with Crippen LogP contribution in [0.4, 0.5) is 5.00 Å². The Balaban J connectivity index is 1.38. The number of hydrogen-bond acceptors (Lipinski definition) is 8. The molecule has 0 unspecified atom stereocenters. The van der Waals surface area contributed by atoms with Crippen LogP contribution < -0.4 is 5.32 Å². The molecule has 0 aliphatic carbocycles. The number of ether oxygens (including phenoxy) is 1. The average Bonchev–Trinajstić information content (AvgIpc) is 3.53. The average molecular weight is 566 g/mol. The predicted molar refractivity (Wildman–Crippen MR) is 153 cm³/mol. The molecule has 186 valence electrons. The van der Waals surface area contributed by atoms with Gasteiger partial charge in [-0.15, -0.1) is 22.7 Å². The molecule has 0 aliphatic heterocycles. The van der Waals surface area contributed by atoms with E-state index in [0.29, 0.717) is 20.6 Å². The van der Waals surface area contributed by atoms with Crippen LogP contribution >= 0.6 is 46.0 Å². The van der Waals surface area contributed by atoms with E-state index in [1.165, 1.54) is 40.8 Å². The van der Waals surface area contributed by atoms with Crippen LogP contribution in [0.15, 0.2) is 76.7 Å². The molecule has 6 nitrogen and oxygen atoms in total. The van der Waals surface area contributed by atoms with E-state index in [1.54, 1.807) is 6.92 Å². The van der Waals surface area contributed by atoms with Gasteiger partial charge in [0.05, 0.1) is 17.7 Å². The van der Waals surface area contributed by atoms with Crippen LogP contribution in [-0.4, -0.2) is 34.2 Å². The number of carbonyl (C=O) groups is 2. The number of halogens is 1. The summed E-state index contributed by atoms with van der Waals surface area (Å²) in [5, 5.41) is 9.56. The second-order valence-electron chi connectivity index (χ2n) is 7.79. The summed E-state index contributed by atoms with van der Waals surface area (Å²) in [5.74, 6) is -0.593. The first-order valence-corrected chi connectivity index (χ1v) is 14.4. The van der Waals surface area contributed by atoms with Crippen molar-refractivity contribution in [2.45, 2.75) is 11.9 Å². The lowest BCUT2D eigenvalue weighted by Crippen LogP contribution is -2.16. The summed E-state index contributed by atoms with van der Waals surface area (Å²) < 4.78 is 5.29. The number of rotatable bonds is 8. The normalized spacial score (nSPS) is 11.0. The third-order valence-corrected chi connectivity index (χ3v) is 8.46. The summed E-state index contributed by atoms with van der Waals surface area (Å²) in [6.07, 6.45) is 1.51. The number of benzene rings is 2. The fourth-order valence-electron chi connectivity index (χ4n) is 3.78. The van der Waals surface area contributed by atoms with Crippen LogP contribution in [0.25, 0.3) is 32.5 Å². The number of hydrogen-bond donors (Lipinski definition) is 1. The molecule has 0 saturated carbocycles. The molecule has 5 aromatic rings. The zero-order valence-corrected chi connectivity index (χ0v) is 22.8. The molecule has 37 heavy (non-hydrogen) atoms. The van der Waals surface area contributed by atoms with E-state index in [-0.39, 0.29) is 18.3 Å². The molecule has 5 rings (SSSR count). The molecule has 1 amide bonds. The van der Waals surface area contributed by atoms with Crippen LogP contribution in [0.3, 0.4) is 0 Å². The van der Waals surface area contributed by atoms with Gasteiger partial charge in [0, 0.05) is 26.9 Å². The smallest absolute Gasteiger partial charge is 0.341 e. The SMILES string of the molecule is CCOC(=O)c1c(-c2ccccc2)csc1NC(=O)CSc1ncnc2scc(-c3ccc(Cl)cc3)c12. The van der Waals surface area contributed by atoms with Crippen LogP contribution in [0.1, 0.15) is 17.3 Å². The zero-order chi connectivity index (χ0) is 25.8. The number of esters is 1. The van der Waals surface area contributed by atoms with Gasteiger partial charge in [-0.2, -0.15) is 0 Å². The highest BCUT2D eigenvalue weighted by Gasteiger charge is 2.23. The minimum atomic E-state index is -0.464. The summed E-state index contributed by atoms with van der Waals surface area (Å²) in [7, 11) is 0. The number of nitrogens with zero attached hydrogens (tertiary/aromatic N) is 2. The first-order valence-electron chi connectivity index (χ1n) is 11.3. The number of anilines is 1. The van der Waals surface area contributed by atoms with Gasteiger partial charge in [-0.05, 0) is 30.2 Å². The Hall–Kier alpha value is -3.24. The van der Waals surface area contributed by atoms with Gasteiger partial charge in [0.1, 0.15) is 26.7 Å². The number of fused-ring (bicyclic) bond motifs is 1. The topological polar surface area (TPSA) is 81.2 Å². The highest BCUT2D eigenvalue weighted by atomic mass is 35.5. The number of nitrogens with one attached hydrogen (secondary N) is 1. The number of carbonyl (C=O) groups excluding carboxylic acids is 2. The molecule has 0 saturated heterocycles. The van der Waals surface area contributed by atoms with Crippen molar-refractivity contribution in [2.75, 3.05) is 17.7 Å². The highest BCUT2D eigenvalue weighted by Crippen LogP contribution is 2.39. The Labute approximate surface area is 230 Å². The Morgan fingerprint density at radius 1 is 0.973 bits per heavy atom. The van der Waals surface area contributed by atoms with Gasteiger partial charge in [-0.1, -0.05) is 65.8 Å². The minimum absolute atomic E-state index is 0.114. The van der Waals surface area contributed by atoms with Crippen LogP contribution in [0, 0.1) is 0 Å². The van der Waals surface area contributed by atoms with E-state index in [9.17, 15) is 9.59 Å². The van der Waals surface area contributed by atoms with E-state index in [2.05, 4.69) is 15.3 Å². The van der Waals surface area contributed by atoms with Crippen molar-refractivity contribution in [3.05, 3.63) is 82.3 Å². The van der Waals surface area contributed by atoms with Crippen molar-refractivity contribution in [3.8, 4) is 22.3 Å². The van der Waals surface area contributed by atoms with E-state index in [1.807, 2.05) is 65.4 Å². The zero-order valence-electron chi connectivity index (χ0n) is 19.6. The molecule has 10 heteroatoms. The van der Waals surface area contributed by atoms with Gasteiger partial charge in [0.15, 0.2) is 0 Å². The molecular formula is C27H20ClN3O3S3. The summed E-state index contributed by atoms with van der Waals surface area (Å²) in [5.41, 5.74) is 3.98. The first-order chi connectivity index (χ1) is 18.0. The molecule has 0 fully saturated rings. The molecule has 0 aliphatic rings. The van der Waals surface area contributed by atoms with Gasteiger partial charge in [-0.3, -0.25) is 4.79 Å². The summed E-state index contributed by atoms with van der Waals surface area (Å²) >= 11 is 10.2. The monoisotopic (exact) mass is 565 g/mol. The summed E-state index contributed by atoms with van der Waals surface area (Å²) in [4.78, 5) is 35.5. The third kappa shape index (κ3) is 5.55. The summed E-state index contributed by atoms with van der Waals surface area (Å²) in [6, 6.07) is 17.2. The van der Waals surface area contributed by atoms with Crippen LogP contribution in [-0.2, 0) is 9.53 Å². The number of amides is 1. The van der Waals surface area contributed by atoms with Gasteiger partial charge >= 0.3 is 5.97 Å². The van der Waals surface area contributed by atoms with Crippen molar-refractivity contribution in [2.24, 2.45) is 0 Å². The molecule has 3 aromatic heterocycles. The number of thioether (sulfide) groups is 1. The maximum atomic E-state index is 13.0. The Morgan fingerprint density at radius 3 is 2.46 bits per heavy atom.